The Kier molecular flexibility index (Phi) is 6.61. The van der Waals surface area contributed by atoms with E-state index in [4.69, 9.17) is 4.74 Å². The minimum atomic E-state index is -0.901. The first-order chi connectivity index (χ1) is 17.0. The Morgan fingerprint density at radius 2 is 1.69 bits per heavy atom. The van der Waals surface area contributed by atoms with Crippen molar-refractivity contribution in [3.63, 3.8) is 0 Å². The summed E-state index contributed by atoms with van der Waals surface area (Å²) in [5.41, 5.74) is 0.504. The third kappa shape index (κ3) is 4.69. The van der Waals surface area contributed by atoms with E-state index >= 15 is 0 Å². The SMILES string of the molecule is O=C([C@@H](Sc1nc2ccccc2c(=O)n1-c1ccc(F)cc1F)c1ccccc1)N1CCOCC1. The minimum absolute atomic E-state index is 0.134. The third-order valence-electron chi connectivity index (χ3n) is 5.77. The zero-order valence-corrected chi connectivity index (χ0v) is 19.4. The minimum Gasteiger partial charge on any atom is -0.378 e. The molecular weight excluding hydrogens is 472 g/mol. The summed E-state index contributed by atoms with van der Waals surface area (Å²) in [6.07, 6.45) is 0. The average Bonchev–Trinajstić information content (AvgIpc) is 2.89. The molecule has 0 saturated carbocycles. The number of hydrogen-bond acceptors (Lipinski definition) is 5. The monoisotopic (exact) mass is 493 g/mol. The quantitative estimate of drug-likeness (QED) is 0.306. The van der Waals surface area contributed by atoms with Crippen LogP contribution in [0.4, 0.5) is 8.78 Å². The van der Waals surface area contributed by atoms with Gasteiger partial charge in [0.15, 0.2) is 5.16 Å². The summed E-state index contributed by atoms with van der Waals surface area (Å²) in [7, 11) is 0. The van der Waals surface area contributed by atoms with Crippen LogP contribution in [0.1, 0.15) is 10.8 Å². The number of para-hydroxylation sites is 1. The summed E-state index contributed by atoms with van der Waals surface area (Å²) in [6.45, 7) is 1.79. The van der Waals surface area contributed by atoms with Gasteiger partial charge in [0.25, 0.3) is 5.56 Å². The van der Waals surface area contributed by atoms with Crippen LogP contribution in [0.2, 0.25) is 0 Å². The molecule has 178 valence electrons. The Bertz CT molecular complexity index is 1440. The fraction of sp³-hybridized carbons (Fsp3) is 0.192. The Labute approximate surface area is 204 Å². The predicted octanol–water partition coefficient (Wildman–Crippen LogP) is 4.36. The summed E-state index contributed by atoms with van der Waals surface area (Å²) in [5, 5.41) is -0.317. The number of morpholine rings is 1. The number of thioether (sulfide) groups is 1. The second-order valence-electron chi connectivity index (χ2n) is 7.99. The first kappa shape index (κ1) is 23.2. The molecule has 1 fully saturated rings. The summed E-state index contributed by atoms with van der Waals surface area (Å²) >= 11 is 1.07. The lowest BCUT2D eigenvalue weighted by Gasteiger charge is -2.30. The highest BCUT2D eigenvalue weighted by Crippen LogP contribution is 2.37. The molecule has 1 saturated heterocycles. The van der Waals surface area contributed by atoms with Crippen LogP contribution in [0.15, 0.2) is 82.7 Å². The Morgan fingerprint density at radius 3 is 2.43 bits per heavy atom. The van der Waals surface area contributed by atoms with Crippen LogP contribution >= 0.6 is 11.8 Å². The van der Waals surface area contributed by atoms with Gasteiger partial charge in [-0.05, 0) is 29.8 Å². The Morgan fingerprint density at radius 1 is 0.971 bits per heavy atom. The first-order valence-electron chi connectivity index (χ1n) is 11.1. The maximum Gasteiger partial charge on any atom is 0.266 e. The van der Waals surface area contributed by atoms with Crippen molar-refractivity contribution in [3.05, 3.63) is 100 Å². The van der Waals surface area contributed by atoms with E-state index in [1.807, 2.05) is 30.3 Å². The predicted molar refractivity (Wildman–Crippen MR) is 130 cm³/mol. The van der Waals surface area contributed by atoms with Crippen LogP contribution in [0, 0.1) is 11.6 Å². The van der Waals surface area contributed by atoms with Gasteiger partial charge in [0.2, 0.25) is 5.91 Å². The van der Waals surface area contributed by atoms with E-state index < -0.39 is 22.4 Å². The van der Waals surface area contributed by atoms with Crippen LogP contribution in [0.5, 0.6) is 0 Å². The van der Waals surface area contributed by atoms with Crippen molar-refractivity contribution in [3.8, 4) is 5.69 Å². The number of halogens is 2. The topological polar surface area (TPSA) is 64.4 Å². The molecule has 1 aliphatic heterocycles. The van der Waals surface area contributed by atoms with Gasteiger partial charge < -0.3 is 9.64 Å². The molecule has 1 aliphatic rings. The fourth-order valence-electron chi connectivity index (χ4n) is 4.01. The zero-order valence-electron chi connectivity index (χ0n) is 18.6. The van der Waals surface area contributed by atoms with Crippen molar-refractivity contribution in [2.45, 2.75) is 10.4 Å². The van der Waals surface area contributed by atoms with Gasteiger partial charge in [-0.2, -0.15) is 0 Å². The van der Waals surface area contributed by atoms with Crippen molar-refractivity contribution in [2.75, 3.05) is 26.3 Å². The van der Waals surface area contributed by atoms with E-state index in [2.05, 4.69) is 4.98 Å². The lowest BCUT2D eigenvalue weighted by molar-refractivity contribution is -0.134. The molecule has 5 rings (SSSR count). The Hall–Kier alpha value is -3.56. The smallest absolute Gasteiger partial charge is 0.266 e. The summed E-state index contributed by atoms with van der Waals surface area (Å²) in [5.74, 6) is -1.81. The number of carbonyl (C=O) groups excluding carboxylic acids is 1. The second kappa shape index (κ2) is 9.97. The molecule has 6 nitrogen and oxygen atoms in total. The number of nitrogens with zero attached hydrogens (tertiary/aromatic N) is 3. The van der Waals surface area contributed by atoms with Gasteiger partial charge >= 0.3 is 0 Å². The number of rotatable bonds is 5. The van der Waals surface area contributed by atoms with E-state index in [1.54, 1.807) is 29.2 Å². The van der Waals surface area contributed by atoms with Crippen LogP contribution in [-0.4, -0.2) is 46.7 Å². The Balaban J connectivity index is 1.68. The number of amides is 1. The molecule has 1 amide bonds. The molecule has 0 aliphatic carbocycles. The molecule has 3 aromatic carbocycles. The first-order valence-corrected chi connectivity index (χ1v) is 12.0. The lowest BCUT2D eigenvalue weighted by Crippen LogP contribution is -2.42. The highest BCUT2D eigenvalue weighted by atomic mass is 32.2. The van der Waals surface area contributed by atoms with Gasteiger partial charge in [-0.1, -0.05) is 54.2 Å². The number of ether oxygens (including phenoxy) is 1. The van der Waals surface area contributed by atoms with Crippen LogP contribution in [0.3, 0.4) is 0 Å². The molecule has 35 heavy (non-hydrogen) atoms. The van der Waals surface area contributed by atoms with E-state index in [1.165, 1.54) is 6.07 Å². The molecule has 1 aromatic heterocycles. The molecule has 0 radical (unpaired) electrons. The molecule has 1 atom stereocenters. The van der Waals surface area contributed by atoms with Gasteiger partial charge in [0.1, 0.15) is 16.9 Å². The highest BCUT2D eigenvalue weighted by Gasteiger charge is 2.30. The molecular formula is C26H21F2N3O3S. The average molecular weight is 494 g/mol. The second-order valence-corrected chi connectivity index (χ2v) is 9.07. The molecule has 0 spiro atoms. The lowest BCUT2D eigenvalue weighted by atomic mass is 10.1. The number of aromatic nitrogens is 2. The van der Waals surface area contributed by atoms with Gasteiger partial charge in [-0.3, -0.25) is 14.2 Å². The number of hydrogen-bond donors (Lipinski definition) is 0. The molecule has 0 unspecified atom stereocenters. The van der Waals surface area contributed by atoms with Gasteiger partial charge in [0.05, 0.1) is 29.8 Å². The van der Waals surface area contributed by atoms with Crippen molar-refractivity contribution >= 4 is 28.6 Å². The number of benzene rings is 3. The molecule has 9 heteroatoms. The van der Waals surface area contributed by atoms with E-state index in [-0.39, 0.29) is 22.1 Å². The van der Waals surface area contributed by atoms with Crippen molar-refractivity contribution in [1.29, 1.82) is 0 Å². The van der Waals surface area contributed by atoms with Gasteiger partial charge in [0, 0.05) is 19.2 Å². The van der Waals surface area contributed by atoms with Crippen LogP contribution in [0.25, 0.3) is 16.6 Å². The summed E-state index contributed by atoms with van der Waals surface area (Å²) in [4.78, 5) is 33.5. The summed E-state index contributed by atoms with van der Waals surface area (Å²) in [6, 6.07) is 18.9. The summed E-state index contributed by atoms with van der Waals surface area (Å²) < 4.78 is 35.0. The molecule has 4 aromatic rings. The number of carbonyl (C=O) groups is 1. The zero-order chi connectivity index (χ0) is 24.4. The number of fused-ring (bicyclic) bond motifs is 1. The molecule has 0 N–H and O–H groups in total. The van der Waals surface area contributed by atoms with Crippen LogP contribution in [-0.2, 0) is 9.53 Å². The van der Waals surface area contributed by atoms with Gasteiger partial charge in [-0.25, -0.2) is 13.8 Å². The van der Waals surface area contributed by atoms with Crippen molar-refractivity contribution in [1.82, 2.24) is 14.5 Å². The largest absolute Gasteiger partial charge is 0.378 e. The standard InChI is InChI=1S/C26H21F2N3O3S/c27-18-10-11-22(20(28)16-18)31-24(32)19-8-4-5-9-21(19)29-26(31)35-23(17-6-2-1-3-7-17)25(33)30-12-14-34-15-13-30/h1-11,16,23H,12-15H2/t23-/m0/s1. The maximum atomic E-state index is 14.9. The molecule has 0 bridgehead atoms. The highest BCUT2D eigenvalue weighted by molar-refractivity contribution is 8.00. The van der Waals surface area contributed by atoms with Crippen molar-refractivity contribution in [2.24, 2.45) is 0 Å². The normalized spacial score (nSPS) is 14.7. The van der Waals surface area contributed by atoms with E-state index in [9.17, 15) is 18.4 Å². The third-order valence-corrected chi connectivity index (χ3v) is 6.96. The van der Waals surface area contributed by atoms with E-state index in [0.29, 0.717) is 31.8 Å². The van der Waals surface area contributed by atoms with Crippen LogP contribution < -0.4 is 5.56 Å². The van der Waals surface area contributed by atoms with Gasteiger partial charge in [-0.15, -0.1) is 0 Å². The van der Waals surface area contributed by atoms with Crippen molar-refractivity contribution < 1.29 is 18.3 Å². The molecule has 2 heterocycles. The van der Waals surface area contributed by atoms with E-state index in [0.717, 1.165) is 34.0 Å². The maximum absolute atomic E-state index is 14.9. The fourth-order valence-corrected chi connectivity index (χ4v) is 5.20.